The zero-order valence-corrected chi connectivity index (χ0v) is 8.14. The molecule has 0 N–H and O–H groups in total. The van der Waals surface area contributed by atoms with Gasteiger partial charge < -0.3 is 0 Å². The highest BCUT2D eigenvalue weighted by atomic mass is 14.7. The van der Waals surface area contributed by atoms with Crippen molar-refractivity contribution >= 4 is 0 Å². The minimum absolute atomic E-state index is 1.00. The van der Waals surface area contributed by atoms with Gasteiger partial charge in [-0.25, -0.2) is 0 Å². The Kier molecular flexibility index (Phi) is 2.54. The van der Waals surface area contributed by atoms with E-state index in [4.69, 9.17) is 0 Å². The predicted molar refractivity (Wildman–Crippen MR) is 56.8 cm³/mol. The fourth-order valence-electron chi connectivity index (χ4n) is 1.33. The van der Waals surface area contributed by atoms with Gasteiger partial charge in [0, 0.05) is 24.2 Å². The van der Waals surface area contributed by atoms with Crippen molar-refractivity contribution in [2.24, 2.45) is 0 Å². The molecule has 0 unspecified atom stereocenters. The molecule has 0 aliphatic rings. The van der Waals surface area contributed by atoms with Crippen molar-refractivity contribution in [3.05, 3.63) is 48.4 Å². The van der Waals surface area contributed by atoms with E-state index in [0.717, 1.165) is 17.7 Å². The van der Waals surface area contributed by atoms with Crippen molar-refractivity contribution < 1.29 is 0 Å². The average molecular weight is 184 g/mol. The fourth-order valence-corrected chi connectivity index (χ4v) is 1.33. The van der Waals surface area contributed by atoms with E-state index in [2.05, 4.69) is 23.0 Å². The van der Waals surface area contributed by atoms with Crippen molar-refractivity contribution in [1.29, 1.82) is 0 Å². The quantitative estimate of drug-likeness (QED) is 0.717. The molecular formula is C12H12N2. The number of aryl methyl sites for hydroxylation is 1. The molecule has 0 spiro atoms. The number of nitrogens with zero attached hydrogens (tertiary/aromatic N) is 2. The number of rotatable bonds is 2. The van der Waals surface area contributed by atoms with Crippen LogP contribution in [0.2, 0.25) is 0 Å². The smallest absolute Gasteiger partial charge is 0.0703 e. The Morgan fingerprint density at radius 1 is 1.07 bits per heavy atom. The van der Waals surface area contributed by atoms with Gasteiger partial charge in [0.15, 0.2) is 0 Å². The standard InChI is InChI=1S/C12H12N2/c1-2-10-3-4-12(14-9-10)11-5-7-13-8-6-11/h3-9H,2H2,1H3. The highest BCUT2D eigenvalue weighted by Gasteiger charge is 1.97. The maximum atomic E-state index is 4.39. The summed E-state index contributed by atoms with van der Waals surface area (Å²) in [6, 6.07) is 8.10. The predicted octanol–water partition coefficient (Wildman–Crippen LogP) is 2.71. The van der Waals surface area contributed by atoms with Crippen LogP contribution in [-0.2, 0) is 6.42 Å². The lowest BCUT2D eigenvalue weighted by Gasteiger charge is -2.00. The molecule has 0 aromatic carbocycles. The van der Waals surface area contributed by atoms with Crippen LogP contribution in [0.5, 0.6) is 0 Å². The van der Waals surface area contributed by atoms with Gasteiger partial charge in [-0.2, -0.15) is 0 Å². The highest BCUT2D eigenvalue weighted by molar-refractivity contribution is 5.57. The van der Waals surface area contributed by atoms with Gasteiger partial charge in [-0.15, -0.1) is 0 Å². The first-order valence-electron chi connectivity index (χ1n) is 4.75. The molecule has 2 rings (SSSR count). The van der Waals surface area contributed by atoms with Gasteiger partial charge in [-0.05, 0) is 30.2 Å². The Morgan fingerprint density at radius 3 is 2.43 bits per heavy atom. The number of pyridine rings is 2. The van der Waals surface area contributed by atoms with Crippen LogP contribution in [0, 0.1) is 0 Å². The minimum Gasteiger partial charge on any atom is -0.265 e. The molecule has 2 heterocycles. The normalized spacial score (nSPS) is 10.1. The van der Waals surface area contributed by atoms with Crippen LogP contribution in [0.25, 0.3) is 11.3 Å². The van der Waals surface area contributed by atoms with E-state index in [-0.39, 0.29) is 0 Å². The maximum Gasteiger partial charge on any atom is 0.0703 e. The number of aromatic nitrogens is 2. The molecule has 0 bridgehead atoms. The van der Waals surface area contributed by atoms with E-state index in [9.17, 15) is 0 Å². The molecule has 70 valence electrons. The summed E-state index contributed by atoms with van der Waals surface area (Å²) in [6.07, 6.45) is 6.52. The van der Waals surface area contributed by atoms with Crippen molar-refractivity contribution in [1.82, 2.24) is 9.97 Å². The molecule has 0 amide bonds. The van der Waals surface area contributed by atoms with Crippen LogP contribution in [-0.4, -0.2) is 9.97 Å². The van der Waals surface area contributed by atoms with Crippen LogP contribution in [0.1, 0.15) is 12.5 Å². The van der Waals surface area contributed by atoms with E-state index in [1.54, 1.807) is 12.4 Å². The highest BCUT2D eigenvalue weighted by Crippen LogP contribution is 2.15. The fraction of sp³-hybridized carbons (Fsp3) is 0.167. The van der Waals surface area contributed by atoms with Crippen molar-refractivity contribution in [3.8, 4) is 11.3 Å². The molecule has 0 radical (unpaired) electrons. The topological polar surface area (TPSA) is 25.8 Å². The van der Waals surface area contributed by atoms with Gasteiger partial charge in [0.1, 0.15) is 0 Å². The summed E-state index contributed by atoms with van der Waals surface area (Å²) in [5, 5.41) is 0. The molecule has 2 heteroatoms. The first kappa shape index (κ1) is 8.88. The zero-order valence-electron chi connectivity index (χ0n) is 8.14. The summed E-state index contributed by atoms with van der Waals surface area (Å²) >= 11 is 0. The molecule has 0 atom stereocenters. The SMILES string of the molecule is CCc1ccc(-c2ccncc2)nc1. The van der Waals surface area contributed by atoms with E-state index in [1.807, 2.05) is 24.4 Å². The molecule has 0 aliphatic heterocycles. The van der Waals surface area contributed by atoms with Crippen molar-refractivity contribution in [2.45, 2.75) is 13.3 Å². The minimum atomic E-state index is 1.00. The lowest BCUT2D eigenvalue weighted by molar-refractivity contribution is 1.10. The molecule has 2 aromatic heterocycles. The van der Waals surface area contributed by atoms with E-state index in [1.165, 1.54) is 5.56 Å². The molecule has 2 nitrogen and oxygen atoms in total. The van der Waals surface area contributed by atoms with Gasteiger partial charge in [-0.1, -0.05) is 13.0 Å². The largest absolute Gasteiger partial charge is 0.265 e. The first-order chi connectivity index (χ1) is 6.90. The van der Waals surface area contributed by atoms with Crippen LogP contribution in [0.4, 0.5) is 0 Å². The lowest BCUT2D eigenvalue weighted by atomic mass is 10.1. The summed E-state index contributed by atoms with van der Waals surface area (Å²) < 4.78 is 0. The molecule has 0 saturated heterocycles. The summed E-state index contributed by atoms with van der Waals surface area (Å²) in [4.78, 5) is 8.37. The molecule has 0 saturated carbocycles. The molecule has 14 heavy (non-hydrogen) atoms. The van der Waals surface area contributed by atoms with Crippen molar-refractivity contribution in [3.63, 3.8) is 0 Å². The Bertz CT molecular complexity index is 392. The third-order valence-electron chi connectivity index (χ3n) is 2.21. The third-order valence-corrected chi connectivity index (χ3v) is 2.21. The summed E-state index contributed by atoms with van der Waals surface area (Å²) in [6.45, 7) is 2.13. The van der Waals surface area contributed by atoms with Gasteiger partial charge in [-0.3, -0.25) is 9.97 Å². The van der Waals surface area contributed by atoms with Crippen molar-refractivity contribution in [2.75, 3.05) is 0 Å². The van der Waals surface area contributed by atoms with Crippen LogP contribution in [0.15, 0.2) is 42.9 Å². The summed E-state index contributed by atoms with van der Waals surface area (Å²) in [5.74, 6) is 0. The first-order valence-corrected chi connectivity index (χ1v) is 4.75. The zero-order chi connectivity index (χ0) is 9.80. The number of hydrogen-bond donors (Lipinski definition) is 0. The lowest BCUT2D eigenvalue weighted by Crippen LogP contribution is -1.86. The molecular weight excluding hydrogens is 172 g/mol. The van der Waals surface area contributed by atoms with Gasteiger partial charge in [0.25, 0.3) is 0 Å². The molecule has 2 aromatic rings. The maximum absolute atomic E-state index is 4.39. The second-order valence-electron chi connectivity index (χ2n) is 3.14. The van der Waals surface area contributed by atoms with E-state index >= 15 is 0 Å². The van der Waals surface area contributed by atoms with Gasteiger partial charge in [0.05, 0.1) is 5.69 Å². The Hall–Kier alpha value is -1.70. The molecule has 0 fully saturated rings. The van der Waals surface area contributed by atoms with Gasteiger partial charge >= 0.3 is 0 Å². The van der Waals surface area contributed by atoms with E-state index in [0.29, 0.717) is 0 Å². The Labute approximate surface area is 83.7 Å². The van der Waals surface area contributed by atoms with Crippen LogP contribution >= 0.6 is 0 Å². The second-order valence-corrected chi connectivity index (χ2v) is 3.14. The Balaban J connectivity index is 2.34. The van der Waals surface area contributed by atoms with Crippen LogP contribution in [0.3, 0.4) is 0 Å². The average Bonchev–Trinajstić information content (AvgIpc) is 2.30. The second kappa shape index (κ2) is 4.01. The summed E-state index contributed by atoms with van der Waals surface area (Å²) in [5.41, 5.74) is 3.38. The summed E-state index contributed by atoms with van der Waals surface area (Å²) in [7, 11) is 0. The number of hydrogen-bond acceptors (Lipinski definition) is 2. The van der Waals surface area contributed by atoms with Crippen LogP contribution < -0.4 is 0 Å². The molecule has 0 aliphatic carbocycles. The van der Waals surface area contributed by atoms with E-state index < -0.39 is 0 Å². The monoisotopic (exact) mass is 184 g/mol. The Morgan fingerprint density at radius 2 is 1.86 bits per heavy atom. The van der Waals surface area contributed by atoms with Gasteiger partial charge in [0.2, 0.25) is 0 Å². The third kappa shape index (κ3) is 1.79.